The van der Waals surface area contributed by atoms with Crippen molar-refractivity contribution in [2.75, 3.05) is 0 Å². The lowest BCUT2D eigenvalue weighted by molar-refractivity contribution is -0.159. The van der Waals surface area contributed by atoms with Gasteiger partial charge in [0, 0.05) is 18.2 Å². The number of rotatable bonds is 6. The summed E-state index contributed by atoms with van der Waals surface area (Å²) in [7, 11) is -3.33. The van der Waals surface area contributed by atoms with Crippen molar-refractivity contribution in [3.8, 4) is 11.4 Å². The predicted octanol–water partition coefficient (Wildman–Crippen LogP) is 3.46. The molecule has 0 spiro atoms. The van der Waals surface area contributed by atoms with E-state index in [-0.39, 0.29) is 23.7 Å². The molecule has 1 heterocycles. The summed E-state index contributed by atoms with van der Waals surface area (Å²) in [6.45, 7) is 3.83. The monoisotopic (exact) mass is 389 g/mol. The van der Waals surface area contributed by atoms with E-state index < -0.39 is 22.1 Å². The van der Waals surface area contributed by atoms with Crippen LogP contribution in [0.25, 0.3) is 11.4 Å². The van der Waals surface area contributed by atoms with Gasteiger partial charge in [0.1, 0.15) is 0 Å². The molecule has 3 rings (SSSR count). The lowest BCUT2D eigenvalue weighted by atomic mass is 10.1. The second-order valence-corrected chi connectivity index (χ2v) is 8.67. The SMILES string of the molecule is CC(C)N(Cc1ccc(-c2noc(C(F)(F)F)n2)cc1)S(=O)(=O)C1CC1. The van der Waals surface area contributed by atoms with Gasteiger partial charge in [-0.15, -0.1) is 0 Å². The Morgan fingerprint density at radius 1 is 1.23 bits per heavy atom. The van der Waals surface area contributed by atoms with Crippen molar-refractivity contribution in [3.63, 3.8) is 0 Å². The van der Waals surface area contributed by atoms with Crippen LogP contribution in [0.1, 0.15) is 38.1 Å². The van der Waals surface area contributed by atoms with Crippen LogP contribution in [0.3, 0.4) is 0 Å². The molecule has 0 amide bonds. The molecule has 0 radical (unpaired) electrons. The smallest absolute Gasteiger partial charge is 0.329 e. The Kier molecular flexibility index (Phi) is 4.82. The van der Waals surface area contributed by atoms with E-state index in [2.05, 4.69) is 14.7 Å². The molecule has 0 bridgehead atoms. The van der Waals surface area contributed by atoms with Crippen molar-refractivity contribution in [1.29, 1.82) is 0 Å². The first-order valence-electron chi connectivity index (χ1n) is 8.10. The van der Waals surface area contributed by atoms with Gasteiger partial charge in [-0.3, -0.25) is 0 Å². The predicted molar refractivity (Wildman–Crippen MR) is 87.4 cm³/mol. The molecular formula is C16H18F3N3O3S. The minimum atomic E-state index is -4.69. The Hall–Kier alpha value is -1.94. The van der Waals surface area contributed by atoms with Crippen LogP contribution in [0.4, 0.5) is 13.2 Å². The van der Waals surface area contributed by atoms with Gasteiger partial charge < -0.3 is 4.52 Å². The molecule has 0 atom stereocenters. The Balaban J connectivity index is 1.78. The zero-order chi connectivity index (χ0) is 19.1. The van der Waals surface area contributed by atoms with Gasteiger partial charge >= 0.3 is 12.1 Å². The molecule has 6 nitrogen and oxygen atoms in total. The molecule has 26 heavy (non-hydrogen) atoms. The number of aromatic nitrogens is 2. The van der Waals surface area contributed by atoms with Crippen molar-refractivity contribution in [2.24, 2.45) is 0 Å². The first kappa shape index (κ1) is 18.8. The number of hydrogen-bond acceptors (Lipinski definition) is 5. The molecular weight excluding hydrogens is 371 g/mol. The van der Waals surface area contributed by atoms with E-state index in [4.69, 9.17) is 0 Å². The number of sulfonamides is 1. The molecule has 1 aliphatic rings. The highest BCUT2D eigenvalue weighted by atomic mass is 32.2. The topological polar surface area (TPSA) is 76.3 Å². The van der Waals surface area contributed by atoms with Crippen LogP contribution in [0.2, 0.25) is 0 Å². The fourth-order valence-corrected chi connectivity index (χ4v) is 4.55. The Morgan fingerprint density at radius 2 is 1.85 bits per heavy atom. The van der Waals surface area contributed by atoms with Crippen molar-refractivity contribution >= 4 is 10.0 Å². The van der Waals surface area contributed by atoms with Gasteiger partial charge in [-0.2, -0.15) is 22.5 Å². The lowest BCUT2D eigenvalue weighted by Gasteiger charge is -2.26. The van der Waals surface area contributed by atoms with Crippen LogP contribution in [0, 0.1) is 0 Å². The van der Waals surface area contributed by atoms with Gasteiger partial charge in [-0.1, -0.05) is 29.4 Å². The highest BCUT2D eigenvalue weighted by molar-refractivity contribution is 7.90. The first-order chi connectivity index (χ1) is 12.1. The van der Waals surface area contributed by atoms with Crippen molar-refractivity contribution in [2.45, 2.75) is 50.7 Å². The largest absolute Gasteiger partial charge is 0.471 e. The summed E-state index contributed by atoms with van der Waals surface area (Å²) in [6, 6.07) is 6.20. The van der Waals surface area contributed by atoms with Gasteiger partial charge in [0.25, 0.3) is 0 Å². The molecule has 1 aliphatic carbocycles. The third kappa shape index (κ3) is 3.90. The van der Waals surface area contributed by atoms with E-state index in [0.29, 0.717) is 18.4 Å². The molecule has 0 aliphatic heterocycles. The summed E-state index contributed by atoms with van der Waals surface area (Å²) < 4.78 is 68.3. The van der Waals surface area contributed by atoms with E-state index in [1.807, 2.05) is 13.8 Å². The van der Waals surface area contributed by atoms with E-state index in [0.717, 1.165) is 5.56 Å². The minimum Gasteiger partial charge on any atom is -0.329 e. The standard InChI is InChI=1S/C16H18F3N3O3S/c1-10(2)22(26(23,24)13-7-8-13)9-11-3-5-12(6-4-11)14-20-15(25-21-14)16(17,18)19/h3-6,10,13H,7-9H2,1-2H3. The van der Waals surface area contributed by atoms with Gasteiger partial charge in [-0.05, 0) is 32.3 Å². The summed E-state index contributed by atoms with van der Waals surface area (Å²) in [5.74, 6) is -1.58. The Morgan fingerprint density at radius 3 is 2.31 bits per heavy atom. The molecule has 1 fully saturated rings. The van der Waals surface area contributed by atoms with E-state index in [1.165, 1.54) is 4.31 Å². The molecule has 1 saturated carbocycles. The van der Waals surface area contributed by atoms with Crippen LogP contribution < -0.4 is 0 Å². The van der Waals surface area contributed by atoms with Crippen LogP contribution in [-0.2, 0) is 22.7 Å². The average Bonchev–Trinajstić information content (AvgIpc) is 3.29. The van der Waals surface area contributed by atoms with E-state index >= 15 is 0 Å². The summed E-state index contributed by atoms with van der Waals surface area (Å²) in [4.78, 5) is 3.33. The highest BCUT2D eigenvalue weighted by Gasteiger charge is 2.41. The van der Waals surface area contributed by atoms with E-state index in [9.17, 15) is 21.6 Å². The molecule has 2 aromatic rings. The second kappa shape index (κ2) is 6.66. The van der Waals surface area contributed by atoms with Crippen LogP contribution >= 0.6 is 0 Å². The number of halogens is 3. The number of nitrogens with zero attached hydrogens (tertiary/aromatic N) is 3. The van der Waals surface area contributed by atoms with Crippen molar-refractivity contribution in [3.05, 3.63) is 35.7 Å². The lowest BCUT2D eigenvalue weighted by Crippen LogP contribution is -2.38. The second-order valence-electron chi connectivity index (χ2n) is 6.50. The van der Waals surface area contributed by atoms with Crippen molar-refractivity contribution < 1.29 is 26.1 Å². The molecule has 0 saturated heterocycles. The molecule has 142 valence electrons. The maximum absolute atomic E-state index is 12.5. The summed E-state index contributed by atoms with van der Waals surface area (Å²) in [5.41, 5.74) is 1.08. The minimum absolute atomic E-state index is 0.171. The quantitative estimate of drug-likeness (QED) is 0.756. The summed E-state index contributed by atoms with van der Waals surface area (Å²) >= 11 is 0. The molecule has 0 unspecified atom stereocenters. The molecule has 10 heteroatoms. The normalized spacial score (nSPS) is 15.8. The number of benzene rings is 1. The Labute approximate surface area is 149 Å². The average molecular weight is 389 g/mol. The van der Waals surface area contributed by atoms with Gasteiger partial charge in [-0.25, -0.2) is 8.42 Å². The first-order valence-corrected chi connectivity index (χ1v) is 9.60. The fraction of sp³-hybridized carbons (Fsp3) is 0.500. The maximum Gasteiger partial charge on any atom is 0.471 e. The van der Waals surface area contributed by atoms with Crippen molar-refractivity contribution in [1.82, 2.24) is 14.4 Å². The van der Waals surface area contributed by atoms with Crippen LogP contribution in [0.5, 0.6) is 0 Å². The third-order valence-electron chi connectivity index (χ3n) is 4.07. The number of hydrogen-bond donors (Lipinski definition) is 0. The fourth-order valence-electron chi connectivity index (χ4n) is 2.52. The van der Waals surface area contributed by atoms with Crippen LogP contribution in [0.15, 0.2) is 28.8 Å². The summed E-state index contributed by atoms with van der Waals surface area (Å²) in [5, 5.41) is 3.03. The van der Waals surface area contributed by atoms with Gasteiger partial charge in [0.15, 0.2) is 0 Å². The van der Waals surface area contributed by atoms with E-state index in [1.54, 1.807) is 24.3 Å². The number of alkyl halides is 3. The third-order valence-corrected chi connectivity index (χ3v) is 6.59. The zero-order valence-corrected chi connectivity index (χ0v) is 15.0. The van der Waals surface area contributed by atoms with Gasteiger partial charge in [0.05, 0.1) is 5.25 Å². The summed E-state index contributed by atoms with van der Waals surface area (Å²) in [6.07, 6.45) is -3.33. The van der Waals surface area contributed by atoms with Crippen LogP contribution in [-0.4, -0.2) is 34.2 Å². The van der Waals surface area contributed by atoms with Gasteiger partial charge in [0.2, 0.25) is 15.8 Å². The Bertz CT molecular complexity index is 872. The molecule has 0 N–H and O–H groups in total. The maximum atomic E-state index is 12.5. The highest BCUT2D eigenvalue weighted by Crippen LogP contribution is 2.33. The molecule has 1 aromatic carbocycles. The molecule has 1 aromatic heterocycles. The zero-order valence-electron chi connectivity index (χ0n) is 14.2.